The van der Waals surface area contributed by atoms with E-state index in [1.165, 1.54) is 19.1 Å². The highest BCUT2D eigenvalue weighted by Crippen LogP contribution is 2.19. The summed E-state index contributed by atoms with van der Waals surface area (Å²) in [5, 5.41) is 10.8. The molecule has 4 nitrogen and oxygen atoms in total. The van der Waals surface area contributed by atoms with Gasteiger partial charge in [-0.2, -0.15) is 0 Å². The van der Waals surface area contributed by atoms with Gasteiger partial charge in [-0.05, 0) is 18.1 Å². The number of rotatable bonds is 4. The van der Waals surface area contributed by atoms with Gasteiger partial charge in [0.1, 0.15) is 5.82 Å². The fourth-order valence-corrected chi connectivity index (χ4v) is 1.30. The van der Waals surface area contributed by atoms with Gasteiger partial charge in [-0.25, -0.2) is 4.39 Å². The fourth-order valence-electron chi connectivity index (χ4n) is 1.30. The Morgan fingerprint density at radius 2 is 2.12 bits per heavy atom. The third-order valence-electron chi connectivity index (χ3n) is 2.00. The highest BCUT2D eigenvalue weighted by Gasteiger charge is 2.09. The average molecular weight is 225 g/mol. The maximum Gasteiger partial charge on any atom is 0.303 e. The van der Waals surface area contributed by atoms with E-state index in [-0.39, 0.29) is 30.0 Å². The van der Waals surface area contributed by atoms with Crippen LogP contribution in [0.4, 0.5) is 10.1 Å². The van der Waals surface area contributed by atoms with Crippen LogP contribution in [-0.4, -0.2) is 17.0 Å². The molecule has 0 saturated carbocycles. The predicted molar refractivity (Wildman–Crippen MR) is 56.7 cm³/mol. The van der Waals surface area contributed by atoms with Crippen LogP contribution in [0.5, 0.6) is 0 Å². The van der Waals surface area contributed by atoms with Crippen LogP contribution in [0.2, 0.25) is 0 Å². The zero-order valence-electron chi connectivity index (χ0n) is 8.79. The summed E-state index contributed by atoms with van der Waals surface area (Å²) in [4.78, 5) is 21.1. The van der Waals surface area contributed by atoms with E-state index < -0.39 is 11.8 Å². The van der Waals surface area contributed by atoms with Crippen LogP contribution in [0, 0.1) is 5.82 Å². The van der Waals surface area contributed by atoms with Crippen LogP contribution in [0.1, 0.15) is 18.9 Å². The molecular formula is C11H12FNO3. The van der Waals surface area contributed by atoms with Crippen LogP contribution in [0.3, 0.4) is 0 Å². The van der Waals surface area contributed by atoms with Crippen LogP contribution in [0.25, 0.3) is 0 Å². The Morgan fingerprint density at radius 3 is 2.69 bits per heavy atom. The summed E-state index contributed by atoms with van der Waals surface area (Å²) >= 11 is 0. The van der Waals surface area contributed by atoms with Crippen LogP contribution in [-0.2, 0) is 16.0 Å². The summed E-state index contributed by atoms with van der Waals surface area (Å²) in [5.74, 6) is -1.92. The van der Waals surface area contributed by atoms with Crippen molar-refractivity contribution in [3.05, 3.63) is 29.6 Å². The van der Waals surface area contributed by atoms with Crippen LogP contribution < -0.4 is 5.32 Å². The molecule has 0 aliphatic heterocycles. The SMILES string of the molecule is CC(=O)Nc1cccc(CCC(=O)O)c1F. The molecule has 0 saturated heterocycles. The Hall–Kier alpha value is -1.91. The number of hydrogen-bond donors (Lipinski definition) is 2. The predicted octanol–water partition coefficient (Wildman–Crippen LogP) is 1.80. The monoisotopic (exact) mass is 225 g/mol. The molecule has 0 spiro atoms. The average Bonchev–Trinajstić information content (AvgIpc) is 2.18. The van der Waals surface area contributed by atoms with Gasteiger partial charge in [-0.3, -0.25) is 9.59 Å². The van der Waals surface area contributed by atoms with Gasteiger partial charge >= 0.3 is 5.97 Å². The Balaban J connectivity index is 2.85. The number of aryl methyl sites for hydroxylation is 1. The van der Waals surface area contributed by atoms with Gasteiger partial charge < -0.3 is 10.4 Å². The number of nitrogens with one attached hydrogen (secondary N) is 1. The molecule has 0 aromatic heterocycles. The smallest absolute Gasteiger partial charge is 0.303 e. The van der Waals surface area contributed by atoms with Crippen LogP contribution >= 0.6 is 0 Å². The first kappa shape index (κ1) is 12.2. The van der Waals surface area contributed by atoms with E-state index in [1.807, 2.05) is 0 Å². The molecule has 1 aromatic rings. The summed E-state index contributed by atoms with van der Waals surface area (Å²) in [7, 11) is 0. The topological polar surface area (TPSA) is 66.4 Å². The van der Waals surface area contributed by atoms with Gasteiger partial charge in [0.25, 0.3) is 0 Å². The van der Waals surface area contributed by atoms with Gasteiger partial charge in [0.15, 0.2) is 0 Å². The molecule has 0 unspecified atom stereocenters. The quantitative estimate of drug-likeness (QED) is 0.821. The summed E-state index contributed by atoms with van der Waals surface area (Å²) < 4.78 is 13.7. The highest BCUT2D eigenvalue weighted by molar-refractivity contribution is 5.88. The molecule has 0 atom stereocenters. The van der Waals surface area contributed by atoms with Gasteiger partial charge in [0, 0.05) is 13.3 Å². The van der Waals surface area contributed by atoms with E-state index >= 15 is 0 Å². The lowest BCUT2D eigenvalue weighted by Gasteiger charge is -2.07. The number of carboxylic acid groups (broad SMARTS) is 1. The molecule has 1 amide bonds. The summed E-state index contributed by atoms with van der Waals surface area (Å²) in [6.07, 6.45) is -0.0327. The lowest BCUT2D eigenvalue weighted by atomic mass is 10.1. The highest BCUT2D eigenvalue weighted by atomic mass is 19.1. The second-order valence-electron chi connectivity index (χ2n) is 3.35. The number of amides is 1. The van der Waals surface area contributed by atoms with Crippen molar-refractivity contribution < 1.29 is 19.1 Å². The van der Waals surface area contributed by atoms with Gasteiger partial charge in [0.2, 0.25) is 5.91 Å². The molecule has 0 bridgehead atoms. The van der Waals surface area contributed by atoms with E-state index in [2.05, 4.69) is 5.32 Å². The van der Waals surface area contributed by atoms with E-state index in [4.69, 9.17) is 5.11 Å². The van der Waals surface area contributed by atoms with Crippen molar-refractivity contribution in [1.82, 2.24) is 0 Å². The third kappa shape index (κ3) is 3.34. The van der Waals surface area contributed by atoms with Crippen molar-refractivity contribution >= 4 is 17.6 Å². The molecule has 2 N–H and O–H groups in total. The molecular weight excluding hydrogens is 213 g/mol. The fraction of sp³-hybridized carbons (Fsp3) is 0.273. The minimum atomic E-state index is -0.982. The first-order chi connectivity index (χ1) is 7.50. The minimum Gasteiger partial charge on any atom is -0.481 e. The zero-order chi connectivity index (χ0) is 12.1. The number of carbonyl (C=O) groups is 2. The molecule has 16 heavy (non-hydrogen) atoms. The molecule has 0 fully saturated rings. The molecule has 1 rings (SSSR count). The normalized spacial score (nSPS) is 9.88. The third-order valence-corrected chi connectivity index (χ3v) is 2.00. The first-order valence-corrected chi connectivity index (χ1v) is 4.77. The summed E-state index contributed by atoms with van der Waals surface area (Å²) in [5.41, 5.74) is 0.365. The van der Waals surface area contributed by atoms with Crippen molar-refractivity contribution in [2.45, 2.75) is 19.8 Å². The van der Waals surface area contributed by atoms with Crippen molar-refractivity contribution in [2.24, 2.45) is 0 Å². The second kappa shape index (κ2) is 5.25. The number of carbonyl (C=O) groups excluding carboxylic acids is 1. The number of hydrogen-bond acceptors (Lipinski definition) is 2. The Labute approximate surface area is 92.1 Å². The number of benzene rings is 1. The molecule has 86 valence electrons. The van der Waals surface area contributed by atoms with E-state index in [0.29, 0.717) is 0 Å². The van der Waals surface area contributed by atoms with Crippen molar-refractivity contribution in [1.29, 1.82) is 0 Å². The molecule has 0 aliphatic carbocycles. The van der Waals surface area contributed by atoms with E-state index in [9.17, 15) is 14.0 Å². The minimum absolute atomic E-state index is 0.0791. The van der Waals surface area contributed by atoms with Crippen molar-refractivity contribution in [2.75, 3.05) is 5.32 Å². The Morgan fingerprint density at radius 1 is 1.44 bits per heavy atom. The maximum absolute atomic E-state index is 13.7. The molecule has 0 radical (unpaired) electrons. The van der Waals surface area contributed by atoms with Crippen molar-refractivity contribution in [3.63, 3.8) is 0 Å². The number of anilines is 1. The van der Waals surface area contributed by atoms with Crippen molar-refractivity contribution in [3.8, 4) is 0 Å². The summed E-state index contributed by atoms with van der Waals surface area (Å²) in [6.45, 7) is 1.28. The second-order valence-corrected chi connectivity index (χ2v) is 3.35. The van der Waals surface area contributed by atoms with Gasteiger partial charge in [-0.15, -0.1) is 0 Å². The first-order valence-electron chi connectivity index (χ1n) is 4.77. The van der Waals surface area contributed by atoms with E-state index in [1.54, 1.807) is 6.07 Å². The maximum atomic E-state index is 13.7. The lowest BCUT2D eigenvalue weighted by molar-refractivity contribution is -0.137. The van der Waals surface area contributed by atoms with E-state index in [0.717, 1.165) is 0 Å². The zero-order valence-corrected chi connectivity index (χ0v) is 8.79. The van der Waals surface area contributed by atoms with Gasteiger partial charge in [-0.1, -0.05) is 12.1 Å². The number of aliphatic carboxylic acids is 1. The molecule has 5 heteroatoms. The molecule has 0 aliphatic rings. The van der Waals surface area contributed by atoms with Crippen LogP contribution in [0.15, 0.2) is 18.2 Å². The molecule has 1 aromatic carbocycles. The Kier molecular flexibility index (Phi) is 3.99. The standard InChI is InChI=1S/C11H12FNO3/c1-7(14)13-9-4-2-3-8(11(9)12)5-6-10(15)16/h2-4H,5-6H2,1H3,(H,13,14)(H,15,16). The molecule has 0 heterocycles. The van der Waals surface area contributed by atoms with Gasteiger partial charge in [0.05, 0.1) is 5.69 Å². The largest absolute Gasteiger partial charge is 0.481 e. The summed E-state index contributed by atoms with van der Waals surface area (Å²) in [6, 6.07) is 4.51. The number of halogens is 1. The number of carboxylic acids is 1. The lowest BCUT2D eigenvalue weighted by Crippen LogP contribution is -2.09. The Bertz CT molecular complexity index is 418.